The minimum Gasteiger partial charge on any atom is -0.431 e. The van der Waals surface area contributed by atoms with Crippen molar-refractivity contribution < 1.29 is 17.6 Å². The summed E-state index contributed by atoms with van der Waals surface area (Å²) in [4.78, 5) is 19.0. The number of hydrogen-bond acceptors (Lipinski definition) is 6. The Morgan fingerprint density at radius 1 is 1.21 bits per heavy atom. The number of nitrogens with zero attached hydrogens (tertiary/aromatic N) is 3. The van der Waals surface area contributed by atoms with Gasteiger partial charge in [-0.05, 0) is 49.8 Å². The molecule has 2 aliphatic rings. The molecule has 1 amide bonds. The number of oxazole rings is 1. The molecule has 2 aromatic rings. The van der Waals surface area contributed by atoms with E-state index in [1.165, 1.54) is 18.2 Å². The normalized spacial score (nSPS) is 21.6. The molecule has 1 unspecified atom stereocenters. The van der Waals surface area contributed by atoms with Crippen LogP contribution in [0.3, 0.4) is 0 Å². The summed E-state index contributed by atoms with van der Waals surface area (Å²) in [6, 6.07) is 4.80. The van der Waals surface area contributed by atoms with Gasteiger partial charge in [0.1, 0.15) is 5.52 Å². The van der Waals surface area contributed by atoms with E-state index >= 15 is 0 Å². The van der Waals surface area contributed by atoms with E-state index in [9.17, 15) is 13.2 Å². The number of sulfonamides is 1. The first-order valence-electron chi connectivity index (χ1n) is 10.2. The van der Waals surface area contributed by atoms with Crippen LogP contribution in [0, 0.1) is 5.92 Å². The lowest BCUT2D eigenvalue weighted by atomic mass is 10.0. The maximum absolute atomic E-state index is 12.9. The SMILES string of the molecule is CC1CCCN(C(=O)CSc2nc3cc(S(=O)(=O)N4CCCCC4)ccc3o2)C1. The highest BCUT2D eigenvalue weighted by molar-refractivity contribution is 7.99. The van der Waals surface area contributed by atoms with Crippen LogP contribution in [0.4, 0.5) is 0 Å². The summed E-state index contributed by atoms with van der Waals surface area (Å²) in [6.07, 6.45) is 5.09. The van der Waals surface area contributed by atoms with Crippen molar-refractivity contribution in [2.24, 2.45) is 5.92 Å². The van der Waals surface area contributed by atoms with Crippen molar-refractivity contribution in [1.82, 2.24) is 14.2 Å². The standard InChI is InChI=1S/C20H27N3O4S2/c1-15-6-5-9-22(13-15)19(24)14-28-20-21-17-12-16(7-8-18(17)27-20)29(25,26)23-10-3-2-4-11-23/h7-8,12,15H,2-6,9-11,13-14H2,1H3. The van der Waals surface area contributed by atoms with Crippen molar-refractivity contribution in [2.75, 3.05) is 31.9 Å². The number of carbonyl (C=O) groups excluding carboxylic acids is 1. The van der Waals surface area contributed by atoms with Gasteiger partial charge in [-0.3, -0.25) is 4.79 Å². The quantitative estimate of drug-likeness (QED) is 0.667. The van der Waals surface area contributed by atoms with Crippen LogP contribution in [0.15, 0.2) is 32.7 Å². The highest BCUT2D eigenvalue weighted by Crippen LogP contribution is 2.28. The lowest BCUT2D eigenvalue weighted by Gasteiger charge is -2.30. The number of carbonyl (C=O) groups is 1. The average Bonchev–Trinajstić information content (AvgIpc) is 3.15. The van der Waals surface area contributed by atoms with Gasteiger partial charge in [-0.15, -0.1) is 0 Å². The van der Waals surface area contributed by atoms with E-state index in [0.717, 1.165) is 38.8 Å². The van der Waals surface area contributed by atoms with Crippen LogP contribution in [0.25, 0.3) is 11.1 Å². The summed E-state index contributed by atoms with van der Waals surface area (Å²) in [5.41, 5.74) is 1.04. The molecule has 3 heterocycles. The summed E-state index contributed by atoms with van der Waals surface area (Å²) in [7, 11) is -3.51. The number of aromatic nitrogens is 1. The molecule has 0 spiro atoms. The zero-order valence-corrected chi connectivity index (χ0v) is 18.3. The molecule has 2 aliphatic heterocycles. The number of piperidine rings is 2. The van der Waals surface area contributed by atoms with Crippen molar-refractivity contribution >= 4 is 38.8 Å². The topological polar surface area (TPSA) is 83.7 Å². The molecule has 0 N–H and O–H groups in total. The van der Waals surface area contributed by atoms with Crippen LogP contribution in [-0.4, -0.2) is 60.4 Å². The first-order chi connectivity index (χ1) is 13.9. The van der Waals surface area contributed by atoms with E-state index in [4.69, 9.17) is 4.42 Å². The summed E-state index contributed by atoms with van der Waals surface area (Å²) < 4.78 is 33.0. The summed E-state index contributed by atoms with van der Waals surface area (Å²) in [5, 5.41) is 0.394. The lowest BCUT2D eigenvalue weighted by molar-refractivity contribution is -0.130. The Hall–Kier alpha value is -1.58. The minimum atomic E-state index is -3.51. The van der Waals surface area contributed by atoms with E-state index in [-0.39, 0.29) is 16.6 Å². The highest BCUT2D eigenvalue weighted by atomic mass is 32.2. The van der Waals surface area contributed by atoms with Gasteiger partial charge in [0.05, 0.1) is 10.6 Å². The molecule has 7 nitrogen and oxygen atoms in total. The maximum atomic E-state index is 12.9. The molecular formula is C20H27N3O4S2. The van der Waals surface area contributed by atoms with Gasteiger partial charge >= 0.3 is 0 Å². The third-order valence-corrected chi connectivity index (χ3v) is 8.33. The number of fused-ring (bicyclic) bond motifs is 1. The van der Waals surface area contributed by atoms with Gasteiger partial charge in [0.2, 0.25) is 15.9 Å². The Bertz CT molecular complexity index is 983. The molecule has 158 valence electrons. The van der Waals surface area contributed by atoms with Crippen LogP contribution in [0.5, 0.6) is 0 Å². The molecule has 4 rings (SSSR count). The Labute approximate surface area is 175 Å². The van der Waals surface area contributed by atoms with Gasteiger partial charge < -0.3 is 9.32 Å². The molecule has 9 heteroatoms. The second-order valence-electron chi connectivity index (χ2n) is 7.95. The minimum absolute atomic E-state index is 0.0946. The Morgan fingerprint density at radius 3 is 2.76 bits per heavy atom. The van der Waals surface area contributed by atoms with Gasteiger partial charge in [-0.1, -0.05) is 25.1 Å². The zero-order valence-electron chi connectivity index (χ0n) is 16.7. The smallest absolute Gasteiger partial charge is 0.257 e. The Kier molecular flexibility index (Phi) is 6.17. The van der Waals surface area contributed by atoms with Crippen molar-refractivity contribution in [3.05, 3.63) is 18.2 Å². The van der Waals surface area contributed by atoms with Crippen molar-refractivity contribution in [3.63, 3.8) is 0 Å². The van der Waals surface area contributed by atoms with Crippen molar-refractivity contribution in [2.45, 2.75) is 49.1 Å². The van der Waals surface area contributed by atoms with E-state index < -0.39 is 10.0 Å². The molecule has 0 radical (unpaired) electrons. The summed E-state index contributed by atoms with van der Waals surface area (Å²) >= 11 is 1.26. The maximum Gasteiger partial charge on any atom is 0.257 e. The van der Waals surface area contributed by atoms with E-state index in [1.807, 2.05) is 4.90 Å². The number of hydrogen-bond donors (Lipinski definition) is 0. The Balaban J connectivity index is 1.45. The van der Waals surface area contributed by atoms with Gasteiger partial charge in [-0.2, -0.15) is 4.31 Å². The van der Waals surface area contributed by atoms with Crippen LogP contribution >= 0.6 is 11.8 Å². The largest absolute Gasteiger partial charge is 0.431 e. The van der Waals surface area contributed by atoms with Crippen LogP contribution in [-0.2, 0) is 14.8 Å². The van der Waals surface area contributed by atoms with Crippen LogP contribution in [0.1, 0.15) is 39.0 Å². The van der Waals surface area contributed by atoms with Crippen molar-refractivity contribution in [1.29, 1.82) is 0 Å². The second-order valence-corrected chi connectivity index (χ2v) is 10.8. The average molecular weight is 438 g/mol. The second kappa shape index (κ2) is 8.65. The van der Waals surface area contributed by atoms with Gasteiger partial charge in [0.15, 0.2) is 5.58 Å². The number of amides is 1. The van der Waals surface area contributed by atoms with E-state index in [2.05, 4.69) is 11.9 Å². The Morgan fingerprint density at radius 2 is 2.00 bits per heavy atom. The number of rotatable bonds is 5. The van der Waals surface area contributed by atoms with Crippen LogP contribution < -0.4 is 0 Å². The third kappa shape index (κ3) is 4.62. The molecule has 0 bridgehead atoms. The molecule has 0 aliphatic carbocycles. The van der Waals surface area contributed by atoms with Gasteiger partial charge in [0, 0.05) is 26.2 Å². The first kappa shape index (κ1) is 20.7. The molecule has 1 atom stereocenters. The van der Waals surface area contributed by atoms with E-state index in [0.29, 0.717) is 35.3 Å². The number of benzene rings is 1. The monoisotopic (exact) mass is 437 g/mol. The highest BCUT2D eigenvalue weighted by Gasteiger charge is 2.27. The third-order valence-electron chi connectivity index (χ3n) is 5.62. The van der Waals surface area contributed by atoms with Gasteiger partial charge in [-0.25, -0.2) is 13.4 Å². The first-order valence-corrected chi connectivity index (χ1v) is 12.7. The van der Waals surface area contributed by atoms with E-state index in [1.54, 1.807) is 22.5 Å². The van der Waals surface area contributed by atoms with Gasteiger partial charge in [0.25, 0.3) is 5.22 Å². The molecular weight excluding hydrogens is 410 g/mol. The van der Waals surface area contributed by atoms with Crippen molar-refractivity contribution in [3.8, 4) is 0 Å². The predicted octanol–water partition coefficient (Wildman–Crippen LogP) is 3.35. The molecule has 29 heavy (non-hydrogen) atoms. The molecule has 2 saturated heterocycles. The fourth-order valence-corrected chi connectivity index (χ4v) is 6.27. The molecule has 2 fully saturated rings. The fourth-order valence-electron chi connectivity index (χ4n) is 3.99. The fraction of sp³-hybridized carbons (Fsp3) is 0.600. The lowest BCUT2D eigenvalue weighted by Crippen LogP contribution is -2.40. The summed E-state index contributed by atoms with van der Waals surface area (Å²) in [6.45, 7) is 4.93. The number of likely N-dealkylation sites (tertiary alicyclic amines) is 1. The molecule has 1 aromatic carbocycles. The molecule has 1 aromatic heterocycles. The molecule has 0 saturated carbocycles. The predicted molar refractivity (Wildman–Crippen MR) is 112 cm³/mol. The van der Waals surface area contributed by atoms with Crippen LogP contribution in [0.2, 0.25) is 0 Å². The summed E-state index contributed by atoms with van der Waals surface area (Å²) in [5.74, 6) is 0.915. The number of thioether (sulfide) groups is 1. The zero-order chi connectivity index (χ0) is 20.4.